The maximum atomic E-state index is 12.2. The molecular formula is C17H22O3S. The van der Waals surface area contributed by atoms with Crippen molar-refractivity contribution in [1.29, 1.82) is 0 Å². The predicted octanol–water partition coefficient (Wildman–Crippen LogP) is 3.56. The molecular weight excluding hydrogens is 284 g/mol. The average Bonchev–Trinajstić information content (AvgIpc) is 3.18. The van der Waals surface area contributed by atoms with Gasteiger partial charge in [0.05, 0.1) is 19.3 Å². The Balaban J connectivity index is 1.83. The number of carbonyl (C=O) groups is 2. The highest BCUT2D eigenvalue weighted by Crippen LogP contribution is 2.51. The van der Waals surface area contributed by atoms with E-state index in [1.54, 1.807) is 11.8 Å². The molecule has 3 nitrogen and oxygen atoms in total. The molecule has 0 radical (unpaired) electrons. The normalized spacial score (nSPS) is 15.6. The number of hydrogen-bond donors (Lipinski definition) is 0. The number of carbonyl (C=O) groups excluding carboxylic acids is 2. The predicted molar refractivity (Wildman–Crippen MR) is 85.9 cm³/mol. The van der Waals surface area contributed by atoms with Crippen LogP contribution in [0.25, 0.3) is 0 Å². The smallest absolute Gasteiger partial charge is 0.306 e. The first-order valence-corrected chi connectivity index (χ1v) is 8.36. The van der Waals surface area contributed by atoms with Crippen molar-refractivity contribution in [1.82, 2.24) is 0 Å². The second kappa shape index (κ2) is 6.65. The summed E-state index contributed by atoms with van der Waals surface area (Å²) in [6, 6.07) is 5.93. The summed E-state index contributed by atoms with van der Waals surface area (Å²) >= 11 is 1.63. The van der Waals surface area contributed by atoms with E-state index in [0.29, 0.717) is 12.2 Å². The van der Waals surface area contributed by atoms with Crippen molar-refractivity contribution in [2.45, 2.75) is 33.1 Å². The summed E-state index contributed by atoms with van der Waals surface area (Å²) in [5, 5.41) is 0. The van der Waals surface area contributed by atoms with Gasteiger partial charge in [-0.3, -0.25) is 9.59 Å². The van der Waals surface area contributed by atoms with Gasteiger partial charge in [-0.1, -0.05) is 23.8 Å². The lowest BCUT2D eigenvalue weighted by molar-refractivity contribution is -0.141. The zero-order valence-electron chi connectivity index (χ0n) is 12.9. The fraction of sp³-hybridized carbons (Fsp3) is 0.529. The van der Waals surface area contributed by atoms with Gasteiger partial charge in [-0.2, -0.15) is 11.8 Å². The zero-order valence-corrected chi connectivity index (χ0v) is 13.7. The number of esters is 1. The molecule has 1 aliphatic carbocycles. The number of methoxy groups -OCH3 is 1. The highest BCUT2D eigenvalue weighted by molar-refractivity contribution is 8.00. The van der Waals surface area contributed by atoms with Crippen LogP contribution >= 0.6 is 11.8 Å². The van der Waals surface area contributed by atoms with Gasteiger partial charge in [0.1, 0.15) is 0 Å². The van der Waals surface area contributed by atoms with Crippen LogP contribution in [-0.4, -0.2) is 30.4 Å². The van der Waals surface area contributed by atoms with E-state index in [9.17, 15) is 9.59 Å². The fourth-order valence-corrected chi connectivity index (χ4v) is 3.76. The van der Waals surface area contributed by atoms with E-state index in [-0.39, 0.29) is 17.2 Å². The maximum Gasteiger partial charge on any atom is 0.306 e. The van der Waals surface area contributed by atoms with Crippen LogP contribution in [0.3, 0.4) is 0 Å². The Bertz CT molecular complexity index is 547. The number of rotatable bonds is 7. The molecule has 1 fully saturated rings. The van der Waals surface area contributed by atoms with Gasteiger partial charge in [0.25, 0.3) is 0 Å². The molecule has 1 aliphatic rings. The SMILES string of the molecule is COC(=O)CC1(CSCC(=O)c2ccc(C)cc2C)CC1. The van der Waals surface area contributed by atoms with E-state index < -0.39 is 0 Å². The lowest BCUT2D eigenvalue weighted by Crippen LogP contribution is -2.14. The van der Waals surface area contributed by atoms with Crippen molar-refractivity contribution in [3.63, 3.8) is 0 Å². The van der Waals surface area contributed by atoms with Gasteiger partial charge in [0.2, 0.25) is 0 Å². The molecule has 2 rings (SSSR count). The largest absolute Gasteiger partial charge is 0.469 e. The molecule has 0 heterocycles. The number of thioether (sulfide) groups is 1. The van der Waals surface area contributed by atoms with Crippen LogP contribution in [0.15, 0.2) is 18.2 Å². The molecule has 1 aromatic rings. The van der Waals surface area contributed by atoms with Crippen molar-refractivity contribution >= 4 is 23.5 Å². The minimum absolute atomic E-state index is 0.0837. The number of ether oxygens (including phenoxy) is 1. The number of Topliss-reactive ketones (excluding diaryl/α,β-unsaturated/α-hetero) is 1. The summed E-state index contributed by atoms with van der Waals surface area (Å²) in [5.41, 5.74) is 3.11. The van der Waals surface area contributed by atoms with Crippen LogP contribution < -0.4 is 0 Å². The van der Waals surface area contributed by atoms with Crippen LogP contribution in [-0.2, 0) is 9.53 Å². The molecule has 1 aromatic carbocycles. The zero-order chi connectivity index (χ0) is 15.5. The first-order chi connectivity index (χ1) is 9.96. The molecule has 0 atom stereocenters. The summed E-state index contributed by atoms with van der Waals surface area (Å²) in [6.07, 6.45) is 2.61. The number of ketones is 1. The molecule has 0 unspecified atom stereocenters. The molecule has 0 aromatic heterocycles. The van der Waals surface area contributed by atoms with Crippen molar-refractivity contribution in [2.24, 2.45) is 5.41 Å². The summed E-state index contributed by atoms with van der Waals surface area (Å²) in [7, 11) is 1.43. The number of benzene rings is 1. The third-order valence-electron chi connectivity index (χ3n) is 4.03. The van der Waals surface area contributed by atoms with Gasteiger partial charge in [0.15, 0.2) is 5.78 Å². The van der Waals surface area contributed by atoms with Crippen molar-refractivity contribution in [2.75, 3.05) is 18.6 Å². The lowest BCUT2D eigenvalue weighted by Gasteiger charge is -2.13. The average molecular weight is 306 g/mol. The molecule has 0 bridgehead atoms. The van der Waals surface area contributed by atoms with E-state index in [1.807, 2.05) is 32.0 Å². The van der Waals surface area contributed by atoms with Crippen LogP contribution in [0, 0.1) is 19.3 Å². The molecule has 1 saturated carbocycles. The van der Waals surface area contributed by atoms with Gasteiger partial charge in [-0.25, -0.2) is 0 Å². The van der Waals surface area contributed by atoms with Gasteiger partial charge in [-0.05, 0) is 43.4 Å². The summed E-state index contributed by atoms with van der Waals surface area (Å²) < 4.78 is 4.73. The Morgan fingerprint density at radius 2 is 2.00 bits per heavy atom. The first kappa shape index (κ1) is 16.1. The van der Waals surface area contributed by atoms with Gasteiger partial charge < -0.3 is 4.74 Å². The Hall–Kier alpha value is -1.29. The minimum atomic E-state index is -0.145. The van der Waals surface area contributed by atoms with Crippen LogP contribution in [0.1, 0.15) is 40.7 Å². The Morgan fingerprint density at radius 1 is 1.29 bits per heavy atom. The third-order valence-corrected chi connectivity index (χ3v) is 5.31. The highest BCUT2D eigenvalue weighted by atomic mass is 32.2. The Labute approximate surface area is 130 Å². The molecule has 0 amide bonds. The third kappa shape index (κ3) is 4.34. The minimum Gasteiger partial charge on any atom is -0.469 e. The first-order valence-electron chi connectivity index (χ1n) is 7.21. The van der Waals surface area contributed by atoms with Gasteiger partial charge in [0, 0.05) is 5.56 Å². The van der Waals surface area contributed by atoms with E-state index in [4.69, 9.17) is 4.74 Å². The van der Waals surface area contributed by atoms with Gasteiger partial charge >= 0.3 is 5.97 Å². The van der Waals surface area contributed by atoms with Crippen molar-refractivity contribution < 1.29 is 14.3 Å². The lowest BCUT2D eigenvalue weighted by atomic mass is 10.0. The van der Waals surface area contributed by atoms with E-state index in [2.05, 4.69) is 0 Å². The Kier molecular flexibility index (Phi) is 5.09. The number of aryl methyl sites for hydroxylation is 2. The van der Waals surface area contributed by atoms with Crippen molar-refractivity contribution in [3.05, 3.63) is 34.9 Å². The van der Waals surface area contributed by atoms with E-state index >= 15 is 0 Å². The topological polar surface area (TPSA) is 43.4 Å². The van der Waals surface area contributed by atoms with Gasteiger partial charge in [-0.15, -0.1) is 0 Å². The summed E-state index contributed by atoms with van der Waals surface area (Å²) in [6.45, 7) is 4.00. The highest BCUT2D eigenvalue weighted by Gasteiger charge is 2.44. The summed E-state index contributed by atoms with van der Waals surface area (Å²) in [5.74, 6) is 1.37. The van der Waals surface area contributed by atoms with E-state index in [0.717, 1.165) is 29.7 Å². The maximum absolute atomic E-state index is 12.2. The molecule has 21 heavy (non-hydrogen) atoms. The molecule has 0 spiro atoms. The van der Waals surface area contributed by atoms with Crippen LogP contribution in [0.4, 0.5) is 0 Å². The van der Waals surface area contributed by atoms with Crippen LogP contribution in [0.2, 0.25) is 0 Å². The molecule has 114 valence electrons. The second-order valence-corrected chi connectivity index (χ2v) is 6.97. The molecule has 0 N–H and O–H groups in total. The molecule has 0 aliphatic heterocycles. The van der Waals surface area contributed by atoms with Crippen molar-refractivity contribution in [3.8, 4) is 0 Å². The number of hydrogen-bond acceptors (Lipinski definition) is 4. The quantitative estimate of drug-likeness (QED) is 0.570. The standard InChI is InChI=1S/C17H22O3S/c1-12-4-5-14(13(2)8-12)15(18)10-21-11-17(6-7-17)9-16(19)20-3/h4-5,8H,6-7,9-11H2,1-3H3. The van der Waals surface area contributed by atoms with Crippen LogP contribution in [0.5, 0.6) is 0 Å². The monoisotopic (exact) mass is 306 g/mol. The Morgan fingerprint density at radius 3 is 2.57 bits per heavy atom. The second-order valence-electron chi connectivity index (χ2n) is 5.99. The molecule has 4 heteroatoms. The summed E-state index contributed by atoms with van der Waals surface area (Å²) in [4.78, 5) is 23.6. The fourth-order valence-electron chi connectivity index (χ4n) is 2.49. The van der Waals surface area contributed by atoms with E-state index in [1.165, 1.54) is 12.7 Å². The molecule has 0 saturated heterocycles.